The highest BCUT2D eigenvalue weighted by atomic mass is 32.1. The Morgan fingerprint density at radius 2 is 2.60 bits per heavy atom. The fraction of sp³-hybridized carbons (Fsp3) is 0.250. The van der Waals surface area contributed by atoms with E-state index in [1.807, 2.05) is 13.0 Å². The molecule has 1 rings (SSSR count). The fourth-order valence-electron chi connectivity index (χ4n) is 0.690. The van der Waals surface area contributed by atoms with Crippen LogP contribution in [0.3, 0.4) is 0 Å². The Balaban J connectivity index is 2.49. The zero-order valence-corrected chi connectivity index (χ0v) is 6.82. The van der Waals surface area contributed by atoms with Crippen LogP contribution in [-0.4, -0.2) is 0 Å². The second kappa shape index (κ2) is 3.42. The van der Waals surface area contributed by atoms with Gasteiger partial charge in [0.05, 0.1) is 0 Å². The van der Waals surface area contributed by atoms with Gasteiger partial charge in [0.15, 0.2) is 0 Å². The van der Waals surface area contributed by atoms with Crippen molar-refractivity contribution in [2.75, 3.05) is 0 Å². The molecule has 1 aromatic heterocycles. The van der Waals surface area contributed by atoms with E-state index in [2.05, 4.69) is 17.5 Å². The predicted octanol–water partition coefficient (Wildman–Crippen LogP) is 2.15. The lowest BCUT2D eigenvalue weighted by Gasteiger charge is -1.89. The van der Waals surface area contributed by atoms with Crippen molar-refractivity contribution in [3.05, 3.63) is 34.2 Å². The summed E-state index contributed by atoms with van der Waals surface area (Å²) >= 11 is 1.76. The minimum Gasteiger partial charge on any atom is -0.403 e. The first kappa shape index (κ1) is 7.35. The summed E-state index contributed by atoms with van der Waals surface area (Å²) in [7, 11) is 0. The molecule has 2 N–H and O–H groups in total. The third kappa shape index (κ3) is 2.23. The van der Waals surface area contributed by atoms with Crippen LogP contribution in [0.25, 0.3) is 0 Å². The molecule has 1 aromatic rings. The highest BCUT2D eigenvalue weighted by Crippen LogP contribution is 2.09. The maximum atomic E-state index is 5.47. The largest absolute Gasteiger partial charge is 0.403 e. The van der Waals surface area contributed by atoms with Gasteiger partial charge in [-0.1, -0.05) is 12.1 Å². The lowest BCUT2D eigenvalue weighted by atomic mass is 10.3. The smallest absolute Gasteiger partial charge is 0.00836 e. The molecule has 0 amide bonds. The summed E-state index contributed by atoms with van der Waals surface area (Å²) in [5, 5.41) is 2.08. The first-order valence-electron chi connectivity index (χ1n) is 3.23. The Hall–Kier alpha value is -0.760. The zero-order chi connectivity index (χ0) is 7.40. The van der Waals surface area contributed by atoms with Crippen molar-refractivity contribution in [2.45, 2.75) is 13.3 Å². The van der Waals surface area contributed by atoms with E-state index in [4.69, 9.17) is 5.73 Å². The molecule has 1 heterocycles. The Labute approximate surface area is 65.2 Å². The molecule has 0 aliphatic rings. The molecule has 0 radical (unpaired) electrons. The van der Waals surface area contributed by atoms with Crippen molar-refractivity contribution < 1.29 is 0 Å². The van der Waals surface area contributed by atoms with E-state index in [9.17, 15) is 0 Å². The highest BCUT2D eigenvalue weighted by molar-refractivity contribution is 7.09. The summed E-state index contributed by atoms with van der Waals surface area (Å²) in [6, 6.07) is 4.17. The first-order chi connectivity index (χ1) is 4.79. The molecule has 0 aromatic carbocycles. The molecule has 0 saturated heterocycles. The van der Waals surface area contributed by atoms with E-state index in [0.717, 1.165) is 12.1 Å². The van der Waals surface area contributed by atoms with Gasteiger partial charge in [-0.3, -0.25) is 0 Å². The molecule has 0 unspecified atom stereocenters. The quantitative estimate of drug-likeness (QED) is 0.692. The van der Waals surface area contributed by atoms with Crippen LogP contribution in [0.1, 0.15) is 11.8 Å². The molecular formula is C8H11NS. The highest BCUT2D eigenvalue weighted by Gasteiger charge is 1.88. The lowest BCUT2D eigenvalue weighted by molar-refractivity contribution is 1.22. The van der Waals surface area contributed by atoms with E-state index in [1.54, 1.807) is 11.3 Å². The van der Waals surface area contributed by atoms with Gasteiger partial charge < -0.3 is 5.73 Å². The molecule has 0 atom stereocenters. The second-order valence-electron chi connectivity index (χ2n) is 2.23. The van der Waals surface area contributed by atoms with Crippen molar-refractivity contribution in [3.63, 3.8) is 0 Å². The third-order valence-corrected chi connectivity index (χ3v) is 2.10. The summed E-state index contributed by atoms with van der Waals surface area (Å²) in [6.07, 6.45) is 3.01. The normalized spacial score (nSPS) is 11.9. The van der Waals surface area contributed by atoms with Gasteiger partial charge >= 0.3 is 0 Å². The van der Waals surface area contributed by atoms with Gasteiger partial charge in [-0.05, 0) is 18.4 Å². The van der Waals surface area contributed by atoms with E-state index < -0.39 is 0 Å². The minimum absolute atomic E-state index is 0.897. The van der Waals surface area contributed by atoms with Crippen LogP contribution in [-0.2, 0) is 6.42 Å². The Bertz CT molecular complexity index is 207. The van der Waals surface area contributed by atoms with Crippen molar-refractivity contribution >= 4 is 11.3 Å². The number of nitrogens with two attached hydrogens (primary N) is 1. The number of thiophene rings is 1. The van der Waals surface area contributed by atoms with Crippen LogP contribution >= 0.6 is 11.3 Å². The Morgan fingerprint density at radius 1 is 1.80 bits per heavy atom. The molecule has 0 aliphatic heterocycles. The maximum Gasteiger partial charge on any atom is 0.00836 e. The van der Waals surface area contributed by atoms with Crippen molar-refractivity contribution in [1.29, 1.82) is 0 Å². The molecule has 0 spiro atoms. The van der Waals surface area contributed by atoms with Crippen LogP contribution in [0.5, 0.6) is 0 Å². The van der Waals surface area contributed by atoms with Crippen LogP contribution in [0, 0.1) is 0 Å². The number of allylic oxidation sites excluding steroid dienone is 2. The van der Waals surface area contributed by atoms with Crippen molar-refractivity contribution in [2.24, 2.45) is 5.73 Å². The van der Waals surface area contributed by atoms with Crippen molar-refractivity contribution in [3.8, 4) is 0 Å². The lowest BCUT2D eigenvalue weighted by Crippen LogP contribution is -1.90. The average Bonchev–Trinajstić information content (AvgIpc) is 2.34. The summed E-state index contributed by atoms with van der Waals surface area (Å²) < 4.78 is 0. The number of hydrogen-bond acceptors (Lipinski definition) is 2. The zero-order valence-electron chi connectivity index (χ0n) is 6.00. The van der Waals surface area contributed by atoms with Gasteiger partial charge in [0.25, 0.3) is 0 Å². The predicted molar refractivity (Wildman–Crippen MR) is 46.0 cm³/mol. The standard InChI is InChI=1S/C8H11NS/c1-7(9)4-5-8-3-2-6-10-8/h2-4,6H,5,9H2,1H3. The Kier molecular flexibility index (Phi) is 2.51. The van der Waals surface area contributed by atoms with Crippen LogP contribution in [0.2, 0.25) is 0 Å². The van der Waals surface area contributed by atoms with Gasteiger partial charge in [-0.15, -0.1) is 11.3 Å². The van der Waals surface area contributed by atoms with E-state index in [0.29, 0.717) is 0 Å². The number of rotatable bonds is 2. The molecule has 0 bridgehead atoms. The van der Waals surface area contributed by atoms with E-state index in [-0.39, 0.29) is 0 Å². The van der Waals surface area contributed by atoms with E-state index >= 15 is 0 Å². The molecule has 0 fully saturated rings. The third-order valence-electron chi connectivity index (χ3n) is 1.21. The minimum atomic E-state index is 0.897. The van der Waals surface area contributed by atoms with Gasteiger partial charge in [0.2, 0.25) is 0 Å². The first-order valence-corrected chi connectivity index (χ1v) is 4.11. The second-order valence-corrected chi connectivity index (χ2v) is 3.26. The topological polar surface area (TPSA) is 26.0 Å². The number of hydrogen-bond donors (Lipinski definition) is 1. The monoisotopic (exact) mass is 153 g/mol. The molecule has 0 saturated carbocycles. The summed E-state index contributed by atoms with van der Waals surface area (Å²) in [5.41, 5.74) is 6.37. The molecule has 54 valence electrons. The summed E-state index contributed by atoms with van der Waals surface area (Å²) in [5.74, 6) is 0. The SMILES string of the molecule is CC(N)=CCc1cccs1. The van der Waals surface area contributed by atoms with Crippen LogP contribution < -0.4 is 5.73 Å². The molecule has 2 heteroatoms. The molecular weight excluding hydrogens is 142 g/mol. The van der Waals surface area contributed by atoms with Gasteiger partial charge in [-0.2, -0.15) is 0 Å². The van der Waals surface area contributed by atoms with Gasteiger partial charge in [0.1, 0.15) is 0 Å². The molecule has 1 nitrogen and oxygen atoms in total. The maximum absolute atomic E-state index is 5.47. The van der Waals surface area contributed by atoms with Gasteiger partial charge in [-0.25, -0.2) is 0 Å². The van der Waals surface area contributed by atoms with E-state index in [1.165, 1.54) is 4.88 Å². The van der Waals surface area contributed by atoms with Crippen molar-refractivity contribution in [1.82, 2.24) is 0 Å². The van der Waals surface area contributed by atoms with Crippen LogP contribution in [0.15, 0.2) is 29.3 Å². The summed E-state index contributed by atoms with van der Waals surface area (Å²) in [6.45, 7) is 1.91. The fourth-order valence-corrected chi connectivity index (χ4v) is 1.36. The summed E-state index contributed by atoms with van der Waals surface area (Å²) in [4.78, 5) is 1.37. The molecule has 0 aliphatic carbocycles. The Morgan fingerprint density at radius 3 is 3.10 bits per heavy atom. The average molecular weight is 153 g/mol. The van der Waals surface area contributed by atoms with Crippen LogP contribution in [0.4, 0.5) is 0 Å². The van der Waals surface area contributed by atoms with Gasteiger partial charge in [0, 0.05) is 17.0 Å². The molecule has 10 heavy (non-hydrogen) atoms.